The van der Waals surface area contributed by atoms with Crippen molar-refractivity contribution in [3.05, 3.63) is 70.1 Å². The number of aryl methyl sites for hydroxylation is 1. The van der Waals surface area contributed by atoms with Gasteiger partial charge in [0, 0.05) is 35.1 Å². The first-order chi connectivity index (χ1) is 20.0. The molecule has 218 valence electrons. The molecule has 0 radical (unpaired) electrons. The van der Waals surface area contributed by atoms with Crippen LogP contribution in [0.4, 0.5) is 24.5 Å². The molecule has 0 unspecified atom stereocenters. The standard InChI is InChI=1S/C29H28ClF3N8O/c1-15-18(4-5-23(31)36-15)26(21-14-41(40-39-21)29(7-8-29)27(32)33)37-17-10-19-24(38-22-6-9-42-28(22,2)3)16(12-34)13-35-25(19)20(30)11-17/h4-5,10-11,13-14,22,26-27,37H,6-9H2,1-3H3,(H,35,38)/t22-,26-/m0/s1. The monoisotopic (exact) mass is 596 g/mol. The molecule has 1 aliphatic carbocycles. The third-order valence-corrected chi connectivity index (χ3v) is 8.52. The highest BCUT2D eigenvalue weighted by Gasteiger charge is 2.54. The number of hydrogen-bond acceptors (Lipinski definition) is 8. The Morgan fingerprint density at radius 1 is 1.24 bits per heavy atom. The van der Waals surface area contributed by atoms with Gasteiger partial charge in [0.05, 0.1) is 45.7 Å². The molecule has 42 heavy (non-hydrogen) atoms. The smallest absolute Gasteiger partial charge is 0.263 e. The Balaban J connectivity index is 1.44. The maximum Gasteiger partial charge on any atom is 0.263 e. The molecule has 1 saturated heterocycles. The van der Waals surface area contributed by atoms with Crippen LogP contribution in [-0.4, -0.2) is 49.6 Å². The highest BCUT2D eigenvalue weighted by Crippen LogP contribution is 2.48. The van der Waals surface area contributed by atoms with E-state index in [9.17, 15) is 18.4 Å². The molecule has 3 aromatic heterocycles. The number of hydrogen-bond donors (Lipinski definition) is 2. The summed E-state index contributed by atoms with van der Waals surface area (Å²) in [6.07, 6.45) is 1.74. The highest BCUT2D eigenvalue weighted by atomic mass is 35.5. The number of rotatable bonds is 8. The zero-order valence-corrected chi connectivity index (χ0v) is 23.9. The van der Waals surface area contributed by atoms with Crippen molar-refractivity contribution in [2.45, 2.75) is 69.7 Å². The van der Waals surface area contributed by atoms with E-state index in [1.807, 2.05) is 19.9 Å². The normalized spacial score (nSPS) is 19.5. The summed E-state index contributed by atoms with van der Waals surface area (Å²) in [5.41, 5.74) is 1.45. The van der Waals surface area contributed by atoms with Crippen LogP contribution in [-0.2, 0) is 10.3 Å². The molecule has 6 rings (SSSR count). The van der Waals surface area contributed by atoms with Crippen molar-refractivity contribution >= 4 is 33.9 Å². The van der Waals surface area contributed by atoms with Crippen molar-refractivity contribution in [2.24, 2.45) is 0 Å². The summed E-state index contributed by atoms with van der Waals surface area (Å²) in [6.45, 7) is 6.22. The van der Waals surface area contributed by atoms with Crippen LogP contribution in [0.5, 0.6) is 0 Å². The maximum absolute atomic E-state index is 13.9. The van der Waals surface area contributed by atoms with Gasteiger partial charge in [-0.15, -0.1) is 5.10 Å². The van der Waals surface area contributed by atoms with Gasteiger partial charge in [-0.3, -0.25) is 4.98 Å². The van der Waals surface area contributed by atoms with Gasteiger partial charge in [-0.2, -0.15) is 9.65 Å². The van der Waals surface area contributed by atoms with Gasteiger partial charge in [0.1, 0.15) is 17.3 Å². The second-order valence-corrected chi connectivity index (χ2v) is 11.7. The van der Waals surface area contributed by atoms with E-state index in [-0.39, 0.29) is 6.04 Å². The van der Waals surface area contributed by atoms with Gasteiger partial charge < -0.3 is 15.4 Å². The fourth-order valence-corrected chi connectivity index (χ4v) is 5.79. The molecular formula is C29H28ClF3N8O. The lowest BCUT2D eigenvalue weighted by Gasteiger charge is -2.28. The molecule has 4 aromatic rings. The van der Waals surface area contributed by atoms with Gasteiger partial charge in [0.2, 0.25) is 5.95 Å². The molecular weight excluding hydrogens is 569 g/mol. The van der Waals surface area contributed by atoms with Crippen molar-refractivity contribution in [1.29, 1.82) is 5.26 Å². The van der Waals surface area contributed by atoms with Gasteiger partial charge in [-0.05, 0) is 58.2 Å². The summed E-state index contributed by atoms with van der Waals surface area (Å²) in [5.74, 6) is -0.647. The fourth-order valence-electron chi connectivity index (χ4n) is 5.52. The lowest BCUT2D eigenvalue weighted by molar-refractivity contribution is 0.0315. The lowest BCUT2D eigenvalue weighted by atomic mass is 9.97. The van der Waals surface area contributed by atoms with Gasteiger partial charge in [-0.25, -0.2) is 18.4 Å². The number of alkyl halides is 2. The van der Waals surface area contributed by atoms with Crippen molar-refractivity contribution in [2.75, 3.05) is 17.2 Å². The number of nitrogens with zero attached hydrogens (tertiary/aromatic N) is 6. The van der Waals surface area contributed by atoms with E-state index in [1.165, 1.54) is 23.1 Å². The van der Waals surface area contributed by atoms with Gasteiger partial charge in [0.25, 0.3) is 6.43 Å². The number of halogens is 4. The molecule has 2 aliphatic rings. The van der Waals surface area contributed by atoms with E-state index in [1.54, 1.807) is 19.1 Å². The van der Waals surface area contributed by atoms with Crippen molar-refractivity contribution < 1.29 is 17.9 Å². The molecule has 2 atom stereocenters. The average Bonchev–Trinajstić information content (AvgIpc) is 3.49. The number of nitriles is 1. The van der Waals surface area contributed by atoms with Crippen LogP contribution in [0.2, 0.25) is 5.02 Å². The fraction of sp³-hybridized carbons (Fsp3) is 0.414. The summed E-state index contributed by atoms with van der Waals surface area (Å²) in [4.78, 5) is 8.39. The van der Waals surface area contributed by atoms with E-state index in [0.29, 0.717) is 69.3 Å². The molecule has 1 saturated carbocycles. The Morgan fingerprint density at radius 2 is 2.02 bits per heavy atom. The zero-order chi connectivity index (χ0) is 29.8. The predicted molar refractivity (Wildman–Crippen MR) is 151 cm³/mol. The molecule has 1 aliphatic heterocycles. The largest absolute Gasteiger partial charge is 0.378 e. The number of ether oxygens (including phenoxy) is 1. The first kappa shape index (κ1) is 28.2. The second kappa shape index (κ2) is 10.4. The van der Waals surface area contributed by atoms with Crippen LogP contribution >= 0.6 is 11.6 Å². The lowest BCUT2D eigenvalue weighted by Crippen LogP contribution is -2.38. The molecule has 4 heterocycles. The highest BCUT2D eigenvalue weighted by molar-refractivity contribution is 6.35. The van der Waals surface area contributed by atoms with E-state index < -0.39 is 29.6 Å². The Hall–Kier alpha value is -3.95. The maximum atomic E-state index is 13.9. The molecule has 2 fully saturated rings. The zero-order valence-electron chi connectivity index (χ0n) is 23.1. The first-order valence-electron chi connectivity index (χ1n) is 13.6. The summed E-state index contributed by atoms with van der Waals surface area (Å²) in [5, 5.41) is 26.0. The molecule has 0 amide bonds. The van der Waals surface area contributed by atoms with E-state index in [4.69, 9.17) is 16.3 Å². The minimum absolute atomic E-state index is 0.0640. The summed E-state index contributed by atoms with van der Waals surface area (Å²) >= 11 is 6.72. The Labute approximate surface area is 245 Å². The topological polar surface area (TPSA) is 114 Å². The number of aromatic nitrogens is 5. The third-order valence-electron chi connectivity index (χ3n) is 8.23. The minimum atomic E-state index is -2.59. The average molecular weight is 597 g/mol. The molecule has 2 N–H and O–H groups in total. The predicted octanol–water partition coefficient (Wildman–Crippen LogP) is 6.13. The van der Waals surface area contributed by atoms with E-state index >= 15 is 0 Å². The SMILES string of the molecule is Cc1nc(F)ccc1[C@H](Nc1cc(Cl)c2ncc(C#N)c(N[C@H]3CCOC3(C)C)c2c1)c1cn(C2(C(F)F)CC2)nn1. The van der Waals surface area contributed by atoms with Gasteiger partial charge in [-0.1, -0.05) is 22.9 Å². The molecule has 0 bridgehead atoms. The van der Waals surface area contributed by atoms with Crippen LogP contribution in [0.25, 0.3) is 10.9 Å². The molecule has 13 heteroatoms. The van der Waals surface area contributed by atoms with Crippen molar-refractivity contribution in [3.63, 3.8) is 0 Å². The molecule has 1 aromatic carbocycles. The number of pyridine rings is 2. The van der Waals surface area contributed by atoms with Crippen LogP contribution in [0.3, 0.4) is 0 Å². The van der Waals surface area contributed by atoms with Crippen molar-refractivity contribution in [3.8, 4) is 6.07 Å². The van der Waals surface area contributed by atoms with Gasteiger partial charge in [0.15, 0.2) is 0 Å². The quantitative estimate of drug-likeness (QED) is 0.234. The van der Waals surface area contributed by atoms with Crippen molar-refractivity contribution in [1.82, 2.24) is 25.0 Å². The Morgan fingerprint density at radius 3 is 2.67 bits per heavy atom. The minimum Gasteiger partial charge on any atom is -0.378 e. The van der Waals surface area contributed by atoms with Crippen LogP contribution in [0, 0.1) is 24.2 Å². The Kier molecular flexibility index (Phi) is 6.98. The molecule has 0 spiro atoms. The number of benzene rings is 1. The van der Waals surface area contributed by atoms with E-state index in [0.717, 1.165) is 6.42 Å². The second-order valence-electron chi connectivity index (χ2n) is 11.3. The van der Waals surface area contributed by atoms with E-state index in [2.05, 4.69) is 37.0 Å². The number of anilines is 2. The van der Waals surface area contributed by atoms with Crippen LogP contribution in [0.1, 0.15) is 61.7 Å². The molecule has 9 nitrogen and oxygen atoms in total. The number of nitrogens with one attached hydrogen (secondary N) is 2. The van der Waals surface area contributed by atoms with Crippen LogP contribution in [0.15, 0.2) is 36.7 Å². The summed E-state index contributed by atoms with van der Waals surface area (Å²) in [7, 11) is 0. The van der Waals surface area contributed by atoms with Crippen LogP contribution < -0.4 is 10.6 Å². The number of fused-ring (bicyclic) bond motifs is 1. The Bertz CT molecular complexity index is 1720. The third kappa shape index (κ3) is 4.90. The first-order valence-corrected chi connectivity index (χ1v) is 13.9. The summed E-state index contributed by atoms with van der Waals surface area (Å²) in [6, 6.07) is 7.70. The van der Waals surface area contributed by atoms with Gasteiger partial charge >= 0.3 is 0 Å². The summed E-state index contributed by atoms with van der Waals surface area (Å²) < 4.78 is 48.7.